The maximum absolute atomic E-state index is 13.0. The Hall–Kier alpha value is -1.96. The monoisotopic (exact) mass is 519 g/mol. The maximum atomic E-state index is 13.0. The highest BCUT2D eigenvalue weighted by Crippen LogP contribution is 2.40. The fourth-order valence-electron chi connectivity index (χ4n) is 3.86. The summed E-state index contributed by atoms with van der Waals surface area (Å²) in [4.78, 5) is 27.4. The van der Waals surface area contributed by atoms with Crippen LogP contribution in [0.1, 0.15) is 30.0 Å². The lowest BCUT2D eigenvalue weighted by Crippen LogP contribution is -2.36. The number of hydrogen-bond donors (Lipinski definition) is 1. The first kappa shape index (κ1) is 20.3. The maximum Gasteiger partial charge on any atom is 0.295 e. The summed E-state index contributed by atoms with van der Waals surface area (Å²) in [5, 5.41) is 11.0. The molecular formula is C22H19Br2NO4. The molecule has 2 aliphatic rings. The highest BCUT2D eigenvalue weighted by Gasteiger charge is 2.47. The van der Waals surface area contributed by atoms with Crippen LogP contribution in [0.4, 0.5) is 0 Å². The number of rotatable bonds is 4. The van der Waals surface area contributed by atoms with Crippen LogP contribution in [-0.4, -0.2) is 41.0 Å². The first-order valence-electron chi connectivity index (χ1n) is 9.37. The Labute approximate surface area is 185 Å². The summed E-state index contributed by atoms with van der Waals surface area (Å²) in [6.45, 7) is 0.980. The number of amides is 1. The molecule has 0 bridgehead atoms. The van der Waals surface area contributed by atoms with Gasteiger partial charge in [-0.2, -0.15) is 0 Å². The van der Waals surface area contributed by atoms with Crippen LogP contribution in [0.25, 0.3) is 5.76 Å². The van der Waals surface area contributed by atoms with Crippen LogP contribution in [0, 0.1) is 0 Å². The van der Waals surface area contributed by atoms with Gasteiger partial charge >= 0.3 is 0 Å². The molecule has 7 heteroatoms. The van der Waals surface area contributed by atoms with Crippen LogP contribution < -0.4 is 0 Å². The summed E-state index contributed by atoms with van der Waals surface area (Å²) in [5.74, 6) is -1.45. The van der Waals surface area contributed by atoms with Gasteiger partial charge in [-0.1, -0.05) is 56.1 Å². The number of ketones is 1. The van der Waals surface area contributed by atoms with E-state index in [-0.39, 0.29) is 17.4 Å². The van der Waals surface area contributed by atoms with Gasteiger partial charge in [-0.25, -0.2) is 0 Å². The lowest BCUT2D eigenvalue weighted by atomic mass is 9.95. The molecule has 5 nitrogen and oxygen atoms in total. The van der Waals surface area contributed by atoms with Crippen molar-refractivity contribution in [3.05, 3.63) is 74.2 Å². The molecule has 2 fully saturated rings. The Kier molecular flexibility index (Phi) is 5.90. The van der Waals surface area contributed by atoms with Crippen molar-refractivity contribution in [1.82, 2.24) is 4.90 Å². The summed E-state index contributed by atoms with van der Waals surface area (Å²) < 4.78 is 7.39. The van der Waals surface area contributed by atoms with Gasteiger partial charge in [0, 0.05) is 27.7 Å². The molecule has 0 spiro atoms. The van der Waals surface area contributed by atoms with Crippen molar-refractivity contribution < 1.29 is 19.4 Å². The van der Waals surface area contributed by atoms with Crippen molar-refractivity contribution in [1.29, 1.82) is 0 Å². The lowest BCUT2D eigenvalue weighted by Gasteiger charge is -2.27. The van der Waals surface area contributed by atoms with E-state index in [1.165, 1.54) is 4.90 Å². The van der Waals surface area contributed by atoms with E-state index in [0.717, 1.165) is 27.4 Å². The number of benzene rings is 2. The zero-order chi connectivity index (χ0) is 20.5. The Morgan fingerprint density at radius 3 is 2.52 bits per heavy atom. The van der Waals surface area contributed by atoms with Gasteiger partial charge in [0.2, 0.25) is 0 Å². The molecule has 150 valence electrons. The molecule has 2 aromatic rings. The minimum atomic E-state index is -0.673. The van der Waals surface area contributed by atoms with E-state index in [1.54, 1.807) is 24.3 Å². The Bertz CT molecular complexity index is 981. The number of aliphatic hydroxyl groups is 1. The third-order valence-corrected chi connectivity index (χ3v) is 6.27. The number of aliphatic hydroxyl groups excluding tert-OH is 1. The van der Waals surface area contributed by atoms with Crippen LogP contribution in [0.3, 0.4) is 0 Å². The third kappa shape index (κ3) is 4.04. The highest BCUT2D eigenvalue weighted by atomic mass is 79.9. The van der Waals surface area contributed by atoms with E-state index in [4.69, 9.17) is 4.74 Å². The SMILES string of the molecule is O=C1C(=O)N(CC2CCCO2)C(c2cccc(Br)c2)C1=C(O)c1ccc(Br)cc1. The lowest BCUT2D eigenvalue weighted by molar-refractivity contribution is -0.140. The molecule has 2 aliphatic heterocycles. The Balaban J connectivity index is 1.83. The van der Waals surface area contributed by atoms with Crippen LogP contribution >= 0.6 is 31.9 Å². The van der Waals surface area contributed by atoms with E-state index < -0.39 is 17.7 Å². The van der Waals surface area contributed by atoms with Crippen molar-refractivity contribution >= 4 is 49.3 Å². The summed E-state index contributed by atoms with van der Waals surface area (Å²) in [6, 6.07) is 13.8. The summed E-state index contributed by atoms with van der Waals surface area (Å²) >= 11 is 6.83. The molecule has 29 heavy (non-hydrogen) atoms. The third-order valence-electron chi connectivity index (χ3n) is 5.25. The molecule has 2 unspecified atom stereocenters. The normalized spacial score (nSPS) is 23.7. The van der Waals surface area contributed by atoms with Gasteiger partial charge in [0.05, 0.1) is 17.7 Å². The second kappa shape index (κ2) is 8.42. The Morgan fingerprint density at radius 2 is 1.86 bits per heavy atom. The number of Topliss-reactive ketones (excluding diaryl/α,β-unsaturated/α-hetero) is 1. The highest BCUT2D eigenvalue weighted by molar-refractivity contribution is 9.10. The van der Waals surface area contributed by atoms with Gasteiger partial charge in [-0.15, -0.1) is 0 Å². The van der Waals surface area contributed by atoms with Crippen molar-refractivity contribution in [3.63, 3.8) is 0 Å². The smallest absolute Gasteiger partial charge is 0.295 e. The number of hydrogen-bond acceptors (Lipinski definition) is 4. The van der Waals surface area contributed by atoms with E-state index >= 15 is 0 Å². The summed E-state index contributed by atoms with van der Waals surface area (Å²) in [6.07, 6.45) is 1.69. The predicted octanol–water partition coefficient (Wildman–Crippen LogP) is 4.81. The number of ether oxygens (including phenoxy) is 1. The number of halogens is 2. The number of carbonyl (C=O) groups is 2. The Morgan fingerprint density at radius 1 is 1.10 bits per heavy atom. The first-order chi connectivity index (χ1) is 14.0. The average molecular weight is 521 g/mol. The predicted molar refractivity (Wildman–Crippen MR) is 116 cm³/mol. The quantitative estimate of drug-likeness (QED) is 0.357. The van der Waals surface area contributed by atoms with E-state index in [2.05, 4.69) is 31.9 Å². The molecule has 1 amide bonds. The van der Waals surface area contributed by atoms with Gasteiger partial charge < -0.3 is 14.7 Å². The van der Waals surface area contributed by atoms with Crippen molar-refractivity contribution in [3.8, 4) is 0 Å². The van der Waals surface area contributed by atoms with Gasteiger partial charge in [0.25, 0.3) is 11.7 Å². The summed E-state index contributed by atoms with van der Waals surface area (Å²) in [7, 11) is 0. The zero-order valence-electron chi connectivity index (χ0n) is 15.5. The van der Waals surface area contributed by atoms with Crippen molar-refractivity contribution in [2.45, 2.75) is 25.0 Å². The molecule has 4 rings (SSSR count). The fraction of sp³-hybridized carbons (Fsp3) is 0.273. The van der Waals surface area contributed by atoms with Gasteiger partial charge in [0.1, 0.15) is 5.76 Å². The van der Waals surface area contributed by atoms with Crippen molar-refractivity contribution in [2.24, 2.45) is 0 Å². The minimum absolute atomic E-state index is 0.101. The number of likely N-dealkylation sites (tertiary alicyclic amines) is 1. The molecule has 1 N–H and O–H groups in total. The van der Waals surface area contributed by atoms with Crippen LogP contribution in [0.2, 0.25) is 0 Å². The number of carbonyl (C=O) groups excluding carboxylic acids is 2. The second-order valence-electron chi connectivity index (χ2n) is 7.15. The van der Waals surface area contributed by atoms with E-state index in [0.29, 0.717) is 18.7 Å². The minimum Gasteiger partial charge on any atom is -0.507 e. The topological polar surface area (TPSA) is 66.8 Å². The molecule has 2 saturated heterocycles. The second-order valence-corrected chi connectivity index (χ2v) is 8.98. The molecule has 2 aromatic carbocycles. The molecule has 2 atom stereocenters. The average Bonchev–Trinajstić information content (AvgIpc) is 3.30. The van der Waals surface area contributed by atoms with E-state index in [1.807, 2.05) is 24.3 Å². The van der Waals surface area contributed by atoms with Crippen molar-refractivity contribution in [2.75, 3.05) is 13.2 Å². The largest absolute Gasteiger partial charge is 0.507 e. The fourth-order valence-corrected chi connectivity index (χ4v) is 4.54. The standard InChI is InChI=1S/C22H19Br2NO4/c23-15-8-6-13(7-9-15)20(26)18-19(14-3-1-4-16(24)11-14)25(22(28)21(18)27)12-17-5-2-10-29-17/h1,3-4,6-9,11,17,19,26H,2,5,10,12H2. The molecule has 2 heterocycles. The number of nitrogens with zero attached hydrogens (tertiary/aromatic N) is 1. The molecule has 0 saturated carbocycles. The van der Waals surface area contributed by atoms with Crippen LogP contribution in [-0.2, 0) is 14.3 Å². The molecular weight excluding hydrogens is 502 g/mol. The summed E-state index contributed by atoms with van der Waals surface area (Å²) in [5.41, 5.74) is 1.35. The van der Waals surface area contributed by atoms with Gasteiger partial charge in [0.15, 0.2) is 0 Å². The molecule has 0 aliphatic carbocycles. The molecule has 0 aromatic heterocycles. The van der Waals surface area contributed by atoms with Gasteiger partial charge in [-0.3, -0.25) is 9.59 Å². The zero-order valence-corrected chi connectivity index (χ0v) is 18.6. The van der Waals surface area contributed by atoms with Gasteiger partial charge in [-0.05, 0) is 42.7 Å². The van der Waals surface area contributed by atoms with E-state index in [9.17, 15) is 14.7 Å². The molecule has 0 radical (unpaired) electrons. The van der Waals surface area contributed by atoms with Crippen LogP contribution in [0.5, 0.6) is 0 Å². The van der Waals surface area contributed by atoms with Crippen LogP contribution in [0.15, 0.2) is 63.0 Å². The first-order valence-corrected chi connectivity index (χ1v) is 11.0.